The smallest absolute Gasteiger partial charge is 0.191 e. The summed E-state index contributed by atoms with van der Waals surface area (Å²) < 4.78 is 11.0. The van der Waals surface area contributed by atoms with Crippen LogP contribution in [0.5, 0.6) is 0 Å². The van der Waals surface area contributed by atoms with Crippen molar-refractivity contribution < 1.29 is 9.47 Å². The molecule has 26 heavy (non-hydrogen) atoms. The molecule has 0 radical (unpaired) electrons. The van der Waals surface area contributed by atoms with Gasteiger partial charge in [-0.15, -0.1) is 0 Å². The van der Waals surface area contributed by atoms with E-state index in [1.807, 2.05) is 0 Å². The molecule has 0 bridgehead atoms. The van der Waals surface area contributed by atoms with Gasteiger partial charge in [-0.25, -0.2) is 0 Å². The first-order valence-electron chi connectivity index (χ1n) is 10.8. The molecular weight excluding hydrogens is 326 g/mol. The van der Waals surface area contributed by atoms with Crippen molar-refractivity contribution in [1.29, 1.82) is 0 Å². The number of rotatable bonds is 12. The van der Waals surface area contributed by atoms with E-state index < -0.39 is 0 Å². The molecule has 0 heterocycles. The van der Waals surface area contributed by atoms with E-state index in [2.05, 4.69) is 24.5 Å². The second-order valence-corrected chi connectivity index (χ2v) is 8.30. The predicted octanol–water partition coefficient (Wildman–Crippen LogP) is 3.74. The van der Waals surface area contributed by atoms with Crippen LogP contribution in [0.4, 0.5) is 0 Å². The molecule has 5 nitrogen and oxygen atoms in total. The van der Waals surface area contributed by atoms with Crippen LogP contribution in [-0.2, 0) is 9.47 Å². The van der Waals surface area contributed by atoms with Crippen LogP contribution in [0.1, 0.15) is 71.6 Å². The molecule has 0 aromatic carbocycles. The molecule has 2 fully saturated rings. The van der Waals surface area contributed by atoms with E-state index in [4.69, 9.17) is 14.5 Å². The number of guanidine groups is 1. The van der Waals surface area contributed by atoms with E-state index in [1.54, 1.807) is 7.11 Å². The lowest BCUT2D eigenvalue weighted by Crippen LogP contribution is -2.47. The minimum atomic E-state index is 0.349. The highest BCUT2D eigenvalue weighted by molar-refractivity contribution is 5.79. The Balaban J connectivity index is 1.89. The van der Waals surface area contributed by atoms with Crippen LogP contribution in [0.3, 0.4) is 0 Å². The van der Waals surface area contributed by atoms with Gasteiger partial charge < -0.3 is 20.1 Å². The molecule has 0 spiro atoms. The highest BCUT2D eigenvalue weighted by Crippen LogP contribution is 2.43. The van der Waals surface area contributed by atoms with Crippen molar-refractivity contribution in [2.75, 3.05) is 46.6 Å². The molecule has 5 heteroatoms. The van der Waals surface area contributed by atoms with Crippen molar-refractivity contribution >= 4 is 5.96 Å². The minimum Gasteiger partial charge on any atom is -0.385 e. The SMILES string of the molecule is CCNC(=NCC1(CCOCC)CCCC1)NCC1(CCOC)CCC1. The number of hydrogen-bond donors (Lipinski definition) is 2. The molecule has 152 valence electrons. The Labute approximate surface area is 160 Å². The molecule has 2 aliphatic rings. The largest absolute Gasteiger partial charge is 0.385 e. The normalized spacial score (nSPS) is 21.4. The van der Waals surface area contributed by atoms with E-state index in [-0.39, 0.29) is 0 Å². The molecule has 0 unspecified atom stereocenters. The number of methoxy groups -OCH3 is 1. The van der Waals surface area contributed by atoms with Gasteiger partial charge in [-0.3, -0.25) is 4.99 Å². The third kappa shape index (κ3) is 6.41. The second-order valence-electron chi connectivity index (χ2n) is 8.30. The lowest BCUT2D eigenvalue weighted by Gasteiger charge is -2.42. The number of ether oxygens (including phenoxy) is 2. The molecule has 0 saturated heterocycles. The molecule has 0 atom stereocenters. The molecule has 2 N–H and O–H groups in total. The van der Waals surface area contributed by atoms with Crippen LogP contribution in [0, 0.1) is 10.8 Å². The van der Waals surface area contributed by atoms with E-state index >= 15 is 0 Å². The van der Waals surface area contributed by atoms with Gasteiger partial charge in [0, 0.05) is 46.6 Å². The molecule has 0 aliphatic heterocycles. The highest BCUT2D eigenvalue weighted by Gasteiger charge is 2.37. The van der Waals surface area contributed by atoms with Crippen molar-refractivity contribution in [3.8, 4) is 0 Å². The average molecular weight is 368 g/mol. The lowest BCUT2D eigenvalue weighted by molar-refractivity contribution is 0.0732. The number of hydrogen-bond acceptors (Lipinski definition) is 3. The predicted molar refractivity (Wildman–Crippen MR) is 109 cm³/mol. The molecule has 2 aliphatic carbocycles. The summed E-state index contributed by atoms with van der Waals surface area (Å²) in [5.74, 6) is 0.985. The number of nitrogens with one attached hydrogen (secondary N) is 2. The molecule has 2 saturated carbocycles. The van der Waals surface area contributed by atoms with Crippen molar-refractivity contribution in [3.05, 3.63) is 0 Å². The van der Waals surface area contributed by atoms with Crippen molar-refractivity contribution in [2.45, 2.75) is 71.6 Å². The van der Waals surface area contributed by atoms with Gasteiger partial charge in [0.2, 0.25) is 0 Å². The quantitative estimate of drug-likeness (QED) is 0.313. The summed E-state index contributed by atoms with van der Waals surface area (Å²) in [6, 6.07) is 0. The van der Waals surface area contributed by atoms with Crippen molar-refractivity contribution in [3.63, 3.8) is 0 Å². The first kappa shape index (κ1) is 21.5. The van der Waals surface area contributed by atoms with E-state index in [1.165, 1.54) is 44.9 Å². The van der Waals surface area contributed by atoms with Crippen LogP contribution in [0.2, 0.25) is 0 Å². The van der Waals surface area contributed by atoms with Crippen LogP contribution >= 0.6 is 0 Å². The van der Waals surface area contributed by atoms with Gasteiger partial charge in [0.15, 0.2) is 5.96 Å². The Kier molecular flexibility index (Phi) is 9.20. The summed E-state index contributed by atoms with van der Waals surface area (Å²) in [7, 11) is 1.80. The summed E-state index contributed by atoms with van der Waals surface area (Å²) in [5.41, 5.74) is 0.758. The third-order valence-electron chi connectivity index (χ3n) is 6.44. The van der Waals surface area contributed by atoms with E-state index in [0.29, 0.717) is 10.8 Å². The van der Waals surface area contributed by atoms with Crippen LogP contribution in [0.25, 0.3) is 0 Å². The van der Waals surface area contributed by atoms with E-state index in [0.717, 1.165) is 58.3 Å². The molecule has 0 aromatic rings. The average Bonchev–Trinajstić information content (AvgIpc) is 3.07. The van der Waals surface area contributed by atoms with Crippen molar-refractivity contribution in [2.24, 2.45) is 15.8 Å². The molecule has 0 amide bonds. The van der Waals surface area contributed by atoms with Gasteiger partial charge in [-0.05, 0) is 63.2 Å². The first-order chi connectivity index (χ1) is 12.7. The van der Waals surface area contributed by atoms with Crippen LogP contribution in [-0.4, -0.2) is 52.5 Å². The van der Waals surface area contributed by atoms with Gasteiger partial charge >= 0.3 is 0 Å². The summed E-state index contributed by atoms with van der Waals surface area (Å²) in [4.78, 5) is 5.00. The minimum absolute atomic E-state index is 0.349. The maximum Gasteiger partial charge on any atom is 0.191 e. The Morgan fingerprint density at radius 2 is 1.62 bits per heavy atom. The fourth-order valence-corrected chi connectivity index (χ4v) is 4.42. The molecule has 0 aromatic heterocycles. The van der Waals surface area contributed by atoms with Gasteiger partial charge in [0.25, 0.3) is 0 Å². The Morgan fingerprint density at radius 3 is 2.19 bits per heavy atom. The first-order valence-corrected chi connectivity index (χ1v) is 10.8. The highest BCUT2D eigenvalue weighted by atomic mass is 16.5. The van der Waals surface area contributed by atoms with Gasteiger partial charge in [0.05, 0.1) is 0 Å². The zero-order valence-corrected chi connectivity index (χ0v) is 17.4. The summed E-state index contributed by atoms with van der Waals surface area (Å²) in [6.45, 7) is 9.59. The monoisotopic (exact) mass is 367 g/mol. The topological polar surface area (TPSA) is 54.9 Å². The Bertz CT molecular complexity index is 415. The summed E-state index contributed by atoms with van der Waals surface area (Å²) in [5, 5.41) is 7.08. The zero-order chi connectivity index (χ0) is 18.7. The summed E-state index contributed by atoms with van der Waals surface area (Å²) in [6.07, 6.45) is 11.5. The zero-order valence-electron chi connectivity index (χ0n) is 17.4. The molecule has 2 rings (SSSR count). The van der Waals surface area contributed by atoms with Gasteiger partial charge in [0.1, 0.15) is 0 Å². The third-order valence-corrected chi connectivity index (χ3v) is 6.44. The Hall–Kier alpha value is -0.810. The maximum atomic E-state index is 5.64. The van der Waals surface area contributed by atoms with Gasteiger partial charge in [-0.2, -0.15) is 0 Å². The fourth-order valence-electron chi connectivity index (χ4n) is 4.42. The fraction of sp³-hybridized carbons (Fsp3) is 0.952. The van der Waals surface area contributed by atoms with Crippen LogP contribution < -0.4 is 10.6 Å². The molecular formula is C21H41N3O2. The van der Waals surface area contributed by atoms with Crippen molar-refractivity contribution in [1.82, 2.24) is 10.6 Å². The van der Waals surface area contributed by atoms with E-state index in [9.17, 15) is 0 Å². The Morgan fingerprint density at radius 1 is 0.923 bits per heavy atom. The lowest BCUT2D eigenvalue weighted by atomic mass is 9.67. The standard InChI is InChI=1S/C21H41N3O2/c1-4-22-19(24-18-21(11-8-12-21)13-15-25-3)23-17-20(9-6-7-10-20)14-16-26-5-2/h4-18H2,1-3H3,(H2,22,23,24). The summed E-state index contributed by atoms with van der Waals surface area (Å²) >= 11 is 0. The maximum absolute atomic E-state index is 5.64. The van der Waals surface area contributed by atoms with Crippen LogP contribution in [0.15, 0.2) is 4.99 Å². The van der Waals surface area contributed by atoms with Gasteiger partial charge in [-0.1, -0.05) is 19.3 Å². The number of aliphatic imine (C=N–C) groups is 1. The second kappa shape index (κ2) is 11.1. The number of nitrogens with zero attached hydrogens (tertiary/aromatic N) is 1.